The second-order valence-corrected chi connectivity index (χ2v) is 3.93. The Morgan fingerprint density at radius 3 is 2.71 bits per heavy atom. The summed E-state index contributed by atoms with van der Waals surface area (Å²) >= 11 is 0. The average molecular weight is 230 g/mol. The highest BCUT2D eigenvalue weighted by Gasteiger charge is 2.14. The van der Waals surface area contributed by atoms with Crippen molar-refractivity contribution in [1.82, 2.24) is 9.97 Å². The second kappa shape index (κ2) is 4.41. The number of ether oxygens (including phenoxy) is 1. The molecule has 0 aliphatic rings. The van der Waals surface area contributed by atoms with Crippen LogP contribution in [-0.4, -0.2) is 17.1 Å². The summed E-state index contributed by atoms with van der Waals surface area (Å²) < 4.78 is 5.32. The summed E-state index contributed by atoms with van der Waals surface area (Å²) in [5.41, 5.74) is 3.00. The van der Waals surface area contributed by atoms with Crippen molar-refractivity contribution in [3.63, 3.8) is 0 Å². The molecular weight excluding hydrogens is 216 g/mol. The number of methoxy groups -OCH3 is 1. The topological polar surface area (TPSA) is 55.0 Å². The normalized spacial score (nSPS) is 10.3. The van der Waals surface area contributed by atoms with Crippen LogP contribution in [0.3, 0.4) is 0 Å². The first-order valence-corrected chi connectivity index (χ1v) is 5.33. The van der Waals surface area contributed by atoms with Crippen LogP contribution in [-0.2, 0) is 0 Å². The summed E-state index contributed by atoms with van der Waals surface area (Å²) in [7, 11) is 1.59. The number of benzene rings is 1. The van der Waals surface area contributed by atoms with E-state index in [0.29, 0.717) is 11.4 Å². The van der Waals surface area contributed by atoms with Crippen molar-refractivity contribution in [2.24, 2.45) is 0 Å². The molecule has 0 atom stereocenters. The van der Waals surface area contributed by atoms with Crippen molar-refractivity contribution in [3.05, 3.63) is 46.0 Å². The van der Waals surface area contributed by atoms with Crippen LogP contribution in [0, 0.1) is 13.8 Å². The molecule has 2 aromatic rings. The van der Waals surface area contributed by atoms with E-state index >= 15 is 0 Å². The van der Waals surface area contributed by atoms with Crippen molar-refractivity contribution in [1.29, 1.82) is 0 Å². The van der Waals surface area contributed by atoms with Gasteiger partial charge in [0.15, 0.2) is 0 Å². The minimum absolute atomic E-state index is 0.210. The van der Waals surface area contributed by atoms with Crippen molar-refractivity contribution in [3.8, 4) is 17.0 Å². The molecule has 0 saturated heterocycles. The molecule has 0 amide bonds. The fourth-order valence-corrected chi connectivity index (χ4v) is 1.92. The molecule has 1 aromatic carbocycles. The van der Waals surface area contributed by atoms with Gasteiger partial charge in [-0.15, -0.1) is 0 Å². The number of aromatic nitrogens is 2. The maximum absolute atomic E-state index is 11.8. The van der Waals surface area contributed by atoms with E-state index in [-0.39, 0.29) is 5.56 Å². The molecule has 0 radical (unpaired) electrons. The highest BCUT2D eigenvalue weighted by molar-refractivity contribution is 5.70. The third-order valence-corrected chi connectivity index (χ3v) is 2.61. The van der Waals surface area contributed by atoms with Gasteiger partial charge < -0.3 is 9.72 Å². The Morgan fingerprint density at radius 1 is 1.29 bits per heavy atom. The molecule has 1 heterocycles. The van der Waals surface area contributed by atoms with Crippen molar-refractivity contribution >= 4 is 0 Å². The predicted octanol–water partition coefficient (Wildman–Crippen LogP) is 2.06. The van der Waals surface area contributed by atoms with Crippen LogP contribution in [0.1, 0.15) is 11.1 Å². The maximum atomic E-state index is 11.8. The van der Waals surface area contributed by atoms with Crippen molar-refractivity contribution in [2.75, 3.05) is 7.11 Å². The summed E-state index contributed by atoms with van der Waals surface area (Å²) in [6, 6.07) is 3.91. The molecule has 2 rings (SSSR count). The number of rotatable bonds is 2. The molecular formula is C13H14N2O2. The zero-order chi connectivity index (χ0) is 12.4. The van der Waals surface area contributed by atoms with Gasteiger partial charge in [-0.2, -0.15) is 0 Å². The Hall–Kier alpha value is -2.10. The molecule has 1 N–H and O–H groups in total. The average Bonchev–Trinajstić information content (AvgIpc) is 2.29. The zero-order valence-corrected chi connectivity index (χ0v) is 10.1. The lowest BCUT2D eigenvalue weighted by molar-refractivity contribution is 0.415. The second-order valence-electron chi connectivity index (χ2n) is 3.93. The lowest BCUT2D eigenvalue weighted by atomic mass is 10.0. The lowest BCUT2D eigenvalue weighted by Crippen LogP contribution is -2.11. The van der Waals surface area contributed by atoms with E-state index in [1.54, 1.807) is 13.3 Å². The first kappa shape index (κ1) is 11.4. The van der Waals surface area contributed by atoms with E-state index < -0.39 is 0 Å². The van der Waals surface area contributed by atoms with Gasteiger partial charge in [0.1, 0.15) is 11.4 Å². The predicted molar refractivity (Wildman–Crippen MR) is 66.3 cm³/mol. The van der Waals surface area contributed by atoms with Crippen LogP contribution in [0.5, 0.6) is 5.75 Å². The van der Waals surface area contributed by atoms with Gasteiger partial charge in [0.2, 0.25) is 0 Å². The number of hydrogen-bond donors (Lipinski definition) is 1. The Bertz CT molecular complexity index is 603. The number of nitrogens with zero attached hydrogens (tertiary/aromatic N) is 1. The molecule has 0 bridgehead atoms. The molecule has 4 heteroatoms. The third kappa shape index (κ3) is 2.06. The minimum atomic E-state index is -0.210. The van der Waals surface area contributed by atoms with Gasteiger partial charge in [-0.05, 0) is 31.0 Å². The largest absolute Gasteiger partial charge is 0.496 e. The number of H-pyrrole nitrogens is 1. The summed E-state index contributed by atoms with van der Waals surface area (Å²) in [6.07, 6.45) is 3.08. The quantitative estimate of drug-likeness (QED) is 0.859. The third-order valence-electron chi connectivity index (χ3n) is 2.61. The van der Waals surface area contributed by atoms with Crippen molar-refractivity contribution in [2.45, 2.75) is 13.8 Å². The molecule has 0 spiro atoms. The summed E-state index contributed by atoms with van der Waals surface area (Å²) in [4.78, 5) is 18.5. The van der Waals surface area contributed by atoms with Gasteiger partial charge in [0.05, 0.1) is 12.7 Å². The molecule has 17 heavy (non-hydrogen) atoms. The Morgan fingerprint density at radius 2 is 2.06 bits per heavy atom. The maximum Gasteiger partial charge on any atom is 0.274 e. The standard InChI is InChI=1S/C13H14N2O2/c1-8-6-9(2)11(10(7-8)17-3)12-13(16)15-5-4-14-12/h4-7H,1-3H3,(H,15,16). The van der Waals surface area contributed by atoms with E-state index in [0.717, 1.165) is 16.7 Å². The monoisotopic (exact) mass is 230 g/mol. The van der Waals surface area contributed by atoms with E-state index in [1.165, 1.54) is 6.20 Å². The number of aryl methyl sites for hydroxylation is 2. The van der Waals surface area contributed by atoms with Gasteiger partial charge in [0.25, 0.3) is 5.56 Å². The lowest BCUT2D eigenvalue weighted by Gasteiger charge is -2.11. The number of hydrogen-bond acceptors (Lipinski definition) is 3. The van der Waals surface area contributed by atoms with Crippen LogP contribution in [0.2, 0.25) is 0 Å². The van der Waals surface area contributed by atoms with Gasteiger partial charge in [0, 0.05) is 12.4 Å². The Balaban J connectivity index is 2.75. The molecule has 0 unspecified atom stereocenters. The fourth-order valence-electron chi connectivity index (χ4n) is 1.92. The highest BCUT2D eigenvalue weighted by Crippen LogP contribution is 2.31. The first-order valence-electron chi connectivity index (χ1n) is 5.33. The molecule has 0 aliphatic heterocycles. The zero-order valence-electron chi connectivity index (χ0n) is 10.1. The fraction of sp³-hybridized carbons (Fsp3) is 0.231. The summed E-state index contributed by atoms with van der Waals surface area (Å²) in [5, 5.41) is 0. The van der Waals surface area contributed by atoms with Crippen LogP contribution >= 0.6 is 0 Å². The summed E-state index contributed by atoms with van der Waals surface area (Å²) in [6.45, 7) is 3.93. The highest BCUT2D eigenvalue weighted by atomic mass is 16.5. The smallest absolute Gasteiger partial charge is 0.274 e. The van der Waals surface area contributed by atoms with Crippen LogP contribution in [0.25, 0.3) is 11.3 Å². The Labute approximate surface area is 99.3 Å². The van der Waals surface area contributed by atoms with Gasteiger partial charge in [-0.3, -0.25) is 4.79 Å². The molecule has 88 valence electrons. The van der Waals surface area contributed by atoms with Crippen LogP contribution < -0.4 is 10.3 Å². The first-order chi connectivity index (χ1) is 8.13. The molecule has 0 fully saturated rings. The molecule has 0 aliphatic carbocycles. The van der Waals surface area contributed by atoms with E-state index in [4.69, 9.17) is 4.74 Å². The van der Waals surface area contributed by atoms with Crippen LogP contribution in [0.15, 0.2) is 29.3 Å². The van der Waals surface area contributed by atoms with Gasteiger partial charge in [-0.25, -0.2) is 4.98 Å². The Kier molecular flexibility index (Phi) is 2.95. The van der Waals surface area contributed by atoms with E-state index in [1.807, 2.05) is 26.0 Å². The summed E-state index contributed by atoms with van der Waals surface area (Å²) in [5.74, 6) is 0.673. The van der Waals surface area contributed by atoms with Gasteiger partial charge in [-0.1, -0.05) is 6.07 Å². The van der Waals surface area contributed by atoms with Crippen LogP contribution in [0.4, 0.5) is 0 Å². The number of aromatic amines is 1. The van der Waals surface area contributed by atoms with Gasteiger partial charge >= 0.3 is 0 Å². The molecule has 0 saturated carbocycles. The number of nitrogens with one attached hydrogen (secondary N) is 1. The van der Waals surface area contributed by atoms with E-state index in [2.05, 4.69) is 9.97 Å². The minimum Gasteiger partial charge on any atom is -0.496 e. The molecule has 4 nitrogen and oxygen atoms in total. The van der Waals surface area contributed by atoms with E-state index in [9.17, 15) is 4.79 Å². The molecule has 1 aromatic heterocycles. The SMILES string of the molecule is COc1cc(C)cc(C)c1-c1ncc[nH]c1=O. The van der Waals surface area contributed by atoms with Crippen molar-refractivity contribution < 1.29 is 4.74 Å².